The van der Waals surface area contributed by atoms with E-state index in [1.807, 2.05) is 6.07 Å². The zero-order chi connectivity index (χ0) is 18.1. The summed E-state index contributed by atoms with van der Waals surface area (Å²) in [5.41, 5.74) is 6.45. The average Bonchev–Trinajstić information content (AvgIpc) is 2.59. The second-order valence-corrected chi connectivity index (χ2v) is 5.43. The zero-order valence-electron chi connectivity index (χ0n) is 14.0. The number of fused-ring (bicyclic) bond motifs is 1. The summed E-state index contributed by atoms with van der Waals surface area (Å²) in [4.78, 5) is 12.6. The number of nitrogens with two attached hydrogens (primary N) is 1. The first-order valence-corrected chi connectivity index (χ1v) is 7.45. The van der Waals surface area contributed by atoms with Crippen molar-refractivity contribution in [1.29, 1.82) is 5.26 Å². The number of nitrogens with zero attached hydrogens (tertiary/aromatic N) is 1. The van der Waals surface area contributed by atoms with E-state index in [2.05, 4.69) is 0 Å². The molecule has 1 aliphatic heterocycles. The van der Waals surface area contributed by atoms with Crippen LogP contribution in [0.1, 0.15) is 22.8 Å². The number of hydrogen-bond acceptors (Lipinski definition) is 7. The third-order valence-electron chi connectivity index (χ3n) is 3.98. The minimum atomic E-state index is -0.782. The van der Waals surface area contributed by atoms with Crippen LogP contribution in [0.4, 0.5) is 0 Å². The van der Waals surface area contributed by atoms with Crippen molar-refractivity contribution in [1.82, 2.24) is 0 Å². The molecule has 7 heteroatoms. The van der Waals surface area contributed by atoms with Crippen molar-refractivity contribution in [3.63, 3.8) is 0 Å². The van der Waals surface area contributed by atoms with Gasteiger partial charge in [0.15, 0.2) is 16.9 Å². The van der Waals surface area contributed by atoms with Gasteiger partial charge in [-0.3, -0.25) is 4.79 Å². The Morgan fingerprint density at radius 1 is 1.28 bits per heavy atom. The maximum absolute atomic E-state index is 12.6. The Morgan fingerprint density at radius 2 is 2.04 bits per heavy atom. The second-order valence-electron chi connectivity index (χ2n) is 5.43. The number of para-hydroxylation sites is 1. The van der Waals surface area contributed by atoms with Crippen LogP contribution in [0.5, 0.6) is 17.4 Å². The van der Waals surface area contributed by atoms with Gasteiger partial charge in [0.2, 0.25) is 5.88 Å². The molecular weight excluding hydrogens is 324 g/mol. The Bertz CT molecular complexity index is 968. The predicted octanol–water partition coefficient (Wildman–Crippen LogP) is 2.18. The summed E-state index contributed by atoms with van der Waals surface area (Å²) in [6.07, 6.45) is 0. The van der Waals surface area contributed by atoms with E-state index in [9.17, 15) is 10.1 Å². The molecule has 1 aromatic carbocycles. The lowest BCUT2D eigenvalue weighted by Gasteiger charge is -2.26. The Balaban J connectivity index is 2.36. The standard InChI is InChI=1S/C18H16N2O5/c1-9-7-12(21)15-14(11(8-19)17(20)25-18(15)24-9)10-5-4-6-13(22-2)16(10)23-3/h4-7,14H,20H2,1-3H3/t14-/m0/s1. The van der Waals surface area contributed by atoms with Gasteiger partial charge in [-0.05, 0) is 13.0 Å². The maximum Gasteiger partial charge on any atom is 0.299 e. The summed E-state index contributed by atoms with van der Waals surface area (Å²) in [7, 11) is 2.99. The minimum absolute atomic E-state index is 0.0172. The molecule has 1 aromatic heterocycles. The molecule has 0 saturated heterocycles. The Labute approximate surface area is 143 Å². The van der Waals surface area contributed by atoms with Crippen LogP contribution in [-0.2, 0) is 0 Å². The molecule has 0 bridgehead atoms. The van der Waals surface area contributed by atoms with E-state index >= 15 is 0 Å². The quantitative estimate of drug-likeness (QED) is 0.912. The van der Waals surface area contributed by atoms with Gasteiger partial charge in [-0.1, -0.05) is 12.1 Å². The number of ether oxygens (including phenoxy) is 3. The first kappa shape index (κ1) is 16.5. The van der Waals surface area contributed by atoms with E-state index in [-0.39, 0.29) is 28.4 Å². The Morgan fingerprint density at radius 3 is 2.68 bits per heavy atom. The molecule has 25 heavy (non-hydrogen) atoms. The molecule has 0 amide bonds. The van der Waals surface area contributed by atoms with E-state index in [1.165, 1.54) is 20.3 Å². The number of nitriles is 1. The van der Waals surface area contributed by atoms with Crippen LogP contribution in [-0.4, -0.2) is 14.2 Å². The van der Waals surface area contributed by atoms with Gasteiger partial charge in [0.05, 0.1) is 25.7 Å². The summed E-state index contributed by atoms with van der Waals surface area (Å²) in [6.45, 7) is 1.63. The highest BCUT2D eigenvalue weighted by Gasteiger charge is 2.37. The fourth-order valence-corrected chi connectivity index (χ4v) is 2.94. The zero-order valence-corrected chi connectivity index (χ0v) is 14.0. The van der Waals surface area contributed by atoms with Gasteiger partial charge in [-0.15, -0.1) is 0 Å². The van der Waals surface area contributed by atoms with Gasteiger partial charge in [-0.25, -0.2) is 0 Å². The molecule has 0 saturated carbocycles. The van der Waals surface area contributed by atoms with Gasteiger partial charge < -0.3 is 24.4 Å². The minimum Gasteiger partial charge on any atom is -0.493 e. The van der Waals surface area contributed by atoms with Gasteiger partial charge in [0.1, 0.15) is 17.4 Å². The first-order valence-electron chi connectivity index (χ1n) is 7.45. The van der Waals surface area contributed by atoms with Crippen LogP contribution in [0.15, 0.2) is 44.9 Å². The van der Waals surface area contributed by atoms with E-state index in [1.54, 1.807) is 25.1 Å². The van der Waals surface area contributed by atoms with Crippen LogP contribution in [0.2, 0.25) is 0 Å². The molecule has 3 rings (SSSR count). The molecule has 0 unspecified atom stereocenters. The normalized spacial score (nSPS) is 15.8. The number of rotatable bonds is 3. The fourth-order valence-electron chi connectivity index (χ4n) is 2.94. The lowest BCUT2D eigenvalue weighted by molar-refractivity contribution is 0.274. The molecule has 2 N–H and O–H groups in total. The second kappa shape index (κ2) is 6.24. The number of methoxy groups -OCH3 is 2. The third-order valence-corrected chi connectivity index (χ3v) is 3.98. The van der Waals surface area contributed by atoms with E-state index in [0.29, 0.717) is 22.8 Å². The smallest absolute Gasteiger partial charge is 0.299 e. The number of aryl methyl sites for hydroxylation is 1. The molecule has 2 aromatic rings. The Hall–Kier alpha value is -3.40. The van der Waals surface area contributed by atoms with Crippen LogP contribution >= 0.6 is 0 Å². The van der Waals surface area contributed by atoms with Crippen LogP contribution in [0.25, 0.3) is 0 Å². The highest BCUT2D eigenvalue weighted by molar-refractivity contribution is 5.59. The molecule has 1 aliphatic rings. The van der Waals surface area contributed by atoms with E-state index in [4.69, 9.17) is 24.4 Å². The van der Waals surface area contributed by atoms with Crippen molar-refractivity contribution in [2.45, 2.75) is 12.8 Å². The molecule has 0 aliphatic carbocycles. The van der Waals surface area contributed by atoms with Crippen molar-refractivity contribution in [3.05, 3.63) is 62.8 Å². The summed E-state index contributed by atoms with van der Waals surface area (Å²) in [5.74, 6) is 0.350. The highest BCUT2D eigenvalue weighted by Crippen LogP contribution is 2.45. The summed E-state index contributed by atoms with van der Waals surface area (Å²) in [5, 5.41) is 9.58. The predicted molar refractivity (Wildman–Crippen MR) is 88.6 cm³/mol. The van der Waals surface area contributed by atoms with Crippen LogP contribution in [0.3, 0.4) is 0 Å². The maximum atomic E-state index is 12.6. The fraction of sp³-hybridized carbons (Fsp3) is 0.222. The molecule has 2 heterocycles. The number of benzene rings is 1. The van der Waals surface area contributed by atoms with Gasteiger partial charge >= 0.3 is 0 Å². The molecule has 0 radical (unpaired) electrons. The van der Waals surface area contributed by atoms with Crippen molar-refractivity contribution in [3.8, 4) is 23.5 Å². The first-order chi connectivity index (χ1) is 12.0. The monoisotopic (exact) mass is 340 g/mol. The molecule has 0 spiro atoms. The topological polar surface area (TPSA) is 108 Å². The van der Waals surface area contributed by atoms with Gasteiger partial charge in [0.25, 0.3) is 5.95 Å². The van der Waals surface area contributed by atoms with E-state index < -0.39 is 5.92 Å². The third kappa shape index (κ3) is 2.58. The van der Waals surface area contributed by atoms with E-state index in [0.717, 1.165) is 0 Å². The molecule has 0 fully saturated rings. The molecular formula is C18H16N2O5. The lowest BCUT2D eigenvalue weighted by atomic mass is 9.84. The van der Waals surface area contributed by atoms with Crippen LogP contribution < -0.4 is 25.4 Å². The van der Waals surface area contributed by atoms with Crippen molar-refractivity contribution < 1.29 is 18.6 Å². The van der Waals surface area contributed by atoms with Gasteiger partial charge in [-0.2, -0.15) is 5.26 Å². The van der Waals surface area contributed by atoms with Crippen molar-refractivity contribution in [2.75, 3.05) is 14.2 Å². The van der Waals surface area contributed by atoms with Gasteiger partial charge in [0, 0.05) is 11.6 Å². The summed E-state index contributed by atoms with van der Waals surface area (Å²) >= 11 is 0. The summed E-state index contributed by atoms with van der Waals surface area (Å²) in [6, 6.07) is 8.58. The highest BCUT2D eigenvalue weighted by atomic mass is 16.6. The van der Waals surface area contributed by atoms with Crippen molar-refractivity contribution in [2.24, 2.45) is 5.73 Å². The Kier molecular flexibility index (Phi) is 4.11. The van der Waals surface area contributed by atoms with Crippen molar-refractivity contribution >= 4 is 0 Å². The largest absolute Gasteiger partial charge is 0.493 e. The average molecular weight is 340 g/mol. The number of allylic oxidation sites excluding steroid dienone is 1. The molecule has 128 valence electrons. The SMILES string of the molecule is COc1cccc([C@H]2C(C#N)=C(N)Oc3oc(C)cc(=O)c32)c1OC. The molecule has 1 atom stereocenters. The van der Waals surface area contributed by atoms with Crippen LogP contribution in [0, 0.1) is 18.3 Å². The lowest BCUT2D eigenvalue weighted by Crippen LogP contribution is -2.26. The number of hydrogen-bond donors (Lipinski definition) is 1. The molecule has 7 nitrogen and oxygen atoms in total. The summed E-state index contributed by atoms with van der Waals surface area (Å²) < 4.78 is 21.7.